The van der Waals surface area contributed by atoms with Gasteiger partial charge < -0.3 is 21.7 Å². The van der Waals surface area contributed by atoms with E-state index in [-0.39, 0.29) is 0 Å². The van der Waals surface area contributed by atoms with E-state index in [9.17, 15) is 4.79 Å². The molecular weight excluding hydrogens is 112 g/mol. The van der Waals surface area contributed by atoms with Crippen molar-refractivity contribution >= 4 is 5.91 Å². The Bertz CT molecular complexity index is 135. The number of aliphatic hydroxyl groups excluding tert-OH is 1. The maximum absolute atomic E-state index is 9.86. The Balaban J connectivity index is 4.23. The number of carbonyl (C=O) groups is 1. The summed E-state index contributed by atoms with van der Waals surface area (Å²) in [5.74, 6) is -2.29. The topological polar surface area (TPSA) is 110 Å². The minimum Gasteiger partial charge on any atom is -0.479 e. The van der Waals surface area contributed by atoms with Crippen molar-refractivity contribution in [1.82, 2.24) is 0 Å². The second-order valence-corrected chi connectivity index (χ2v) is 1.10. The number of carbonyl (C=O) groups excluding carboxylic acids is 1. The monoisotopic (exact) mass is 118 g/mol. The molecule has 0 heterocycles. The number of nitrogens with two attached hydrogens (primary N) is 2. The maximum atomic E-state index is 9.86. The first-order valence-corrected chi connectivity index (χ1v) is 1.73. The van der Waals surface area contributed by atoms with Gasteiger partial charge in [0.2, 0.25) is 0 Å². The van der Waals surface area contributed by atoms with Gasteiger partial charge in [0.25, 0.3) is 5.91 Å². The van der Waals surface area contributed by atoms with Crippen molar-refractivity contribution in [3.05, 3.63) is 11.6 Å². The summed E-state index contributed by atoms with van der Waals surface area (Å²) in [4.78, 5) is 9.86. The van der Waals surface area contributed by atoms with Crippen LogP contribution in [-0.4, -0.2) is 16.1 Å². The molecule has 0 rings (SSSR count). The molecule has 5 heteroatoms. The molecule has 6 N–H and O–H groups in total. The molecule has 46 valence electrons. The lowest BCUT2D eigenvalue weighted by Crippen LogP contribution is -2.22. The lowest BCUT2D eigenvalue weighted by Gasteiger charge is -1.91. The van der Waals surface area contributed by atoms with Gasteiger partial charge in [0.1, 0.15) is 0 Å². The van der Waals surface area contributed by atoms with Crippen molar-refractivity contribution in [3.63, 3.8) is 0 Å². The summed E-state index contributed by atoms with van der Waals surface area (Å²) in [6.45, 7) is 0. The Morgan fingerprint density at radius 2 is 1.62 bits per heavy atom. The molecule has 0 bridgehead atoms. The first kappa shape index (κ1) is 6.61. The van der Waals surface area contributed by atoms with Gasteiger partial charge in [-0.3, -0.25) is 4.79 Å². The van der Waals surface area contributed by atoms with Gasteiger partial charge in [-0.15, -0.1) is 0 Å². The third-order valence-electron chi connectivity index (χ3n) is 0.506. The second-order valence-electron chi connectivity index (χ2n) is 1.10. The maximum Gasteiger partial charge on any atom is 0.304 e. The minimum atomic E-state index is -1.24. The third kappa shape index (κ3) is 1.38. The number of aliphatic hydroxyl groups is 2. The summed E-state index contributed by atoms with van der Waals surface area (Å²) in [5.41, 5.74) is 8.43. The van der Waals surface area contributed by atoms with E-state index in [2.05, 4.69) is 11.5 Å². The van der Waals surface area contributed by atoms with Crippen molar-refractivity contribution < 1.29 is 15.0 Å². The van der Waals surface area contributed by atoms with Crippen LogP contribution in [0.3, 0.4) is 0 Å². The molecule has 8 heavy (non-hydrogen) atoms. The fourth-order valence-electron chi connectivity index (χ4n) is 0.110. The third-order valence-corrected chi connectivity index (χ3v) is 0.506. The molecule has 0 aromatic rings. The van der Waals surface area contributed by atoms with Gasteiger partial charge >= 0.3 is 5.95 Å². The predicted octanol–water partition coefficient (Wildman–Crippen LogP) is -1.28. The van der Waals surface area contributed by atoms with Crippen LogP contribution in [0.5, 0.6) is 0 Å². The average molecular weight is 118 g/mol. The van der Waals surface area contributed by atoms with Crippen LogP contribution < -0.4 is 11.5 Å². The predicted molar refractivity (Wildman–Crippen MR) is 25.7 cm³/mol. The van der Waals surface area contributed by atoms with E-state index < -0.39 is 17.5 Å². The van der Waals surface area contributed by atoms with Crippen LogP contribution in [0.2, 0.25) is 0 Å². The molecule has 0 fully saturated rings. The van der Waals surface area contributed by atoms with E-state index in [1.807, 2.05) is 0 Å². The van der Waals surface area contributed by atoms with Crippen molar-refractivity contribution in [3.8, 4) is 0 Å². The molecule has 0 aromatic carbocycles. The van der Waals surface area contributed by atoms with E-state index >= 15 is 0 Å². The summed E-state index contributed by atoms with van der Waals surface area (Å²) in [6, 6.07) is 0. The summed E-state index contributed by atoms with van der Waals surface area (Å²) in [7, 11) is 0. The van der Waals surface area contributed by atoms with E-state index in [1.165, 1.54) is 0 Å². The first-order chi connectivity index (χ1) is 3.55. The molecule has 0 spiro atoms. The van der Waals surface area contributed by atoms with E-state index in [4.69, 9.17) is 10.2 Å². The van der Waals surface area contributed by atoms with Crippen LogP contribution in [0.25, 0.3) is 0 Å². The van der Waals surface area contributed by atoms with E-state index in [0.717, 1.165) is 0 Å². The van der Waals surface area contributed by atoms with Crippen LogP contribution in [0.15, 0.2) is 11.6 Å². The molecule has 0 atom stereocenters. The van der Waals surface area contributed by atoms with Gasteiger partial charge in [0, 0.05) is 0 Å². The molecule has 0 saturated carbocycles. The lowest BCUT2D eigenvalue weighted by molar-refractivity contribution is -0.115. The smallest absolute Gasteiger partial charge is 0.304 e. The SMILES string of the molecule is NC(=O)C(N)=C(O)O. The zero-order chi connectivity index (χ0) is 6.73. The highest BCUT2D eigenvalue weighted by molar-refractivity contribution is 5.90. The minimum absolute atomic E-state index is 0.731. The fraction of sp³-hybridized carbons (Fsp3) is 0. The zero-order valence-corrected chi connectivity index (χ0v) is 3.96. The van der Waals surface area contributed by atoms with Crippen LogP contribution in [-0.2, 0) is 4.79 Å². The second kappa shape index (κ2) is 2.06. The molecule has 0 aromatic heterocycles. The molecule has 1 amide bonds. The summed E-state index contributed by atoms with van der Waals surface area (Å²) >= 11 is 0. The molecule has 0 unspecified atom stereocenters. The molecule has 5 nitrogen and oxygen atoms in total. The summed E-state index contributed by atoms with van der Waals surface area (Å²) in [5, 5.41) is 16.0. The van der Waals surface area contributed by atoms with Crippen LogP contribution in [0.4, 0.5) is 0 Å². The standard InChI is InChI=1S/C3H6N2O3/c4-1(2(5)6)3(7)8/h7-8H,4H2,(H2,5,6). The number of hydrogen-bond donors (Lipinski definition) is 4. The number of primary amides is 1. The van der Waals surface area contributed by atoms with Gasteiger partial charge in [0.05, 0.1) is 0 Å². The number of amides is 1. The average Bonchev–Trinajstić information content (AvgIpc) is 1.64. The quantitative estimate of drug-likeness (QED) is 0.254. The Kier molecular flexibility index (Phi) is 1.70. The molecule has 0 saturated heterocycles. The van der Waals surface area contributed by atoms with Gasteiger partial charge in [0.15, 0.2) is 5.70 Å². The molecule has 0 radical (unpaired) electrons. The molecular formula is C3H6N2O3. The van der Waals surface area contributed by atoms with Crippen LogP contribution in [0, 0.1) is 0 Å². The normalized spacial score (nSPS) is 8.00. The lowest BCUT2D eigenvalue weighted by atomic mass is 10.5. The van der Waals surface area contributed by atoms with Gasteiger partial charge in [-0.05, 0) is 0 Å². The Hall–Kier alpha value is -1.39. The summed E-state index contributed by atoms with van der Waals surface area (Å²) in [6.07, 6.45) is 0. The largest absolute Gasteiger partial charge is 0.479 e. The molecule has 0 aliphatic carbocycles. The molecule has 0 aliphatic rings. The van der Waals surface area contributed by atoms with E-state index in [0.29, 0.717) is 0 Å². The number of hydrogen-bond acceptors (Lipinski definition) is 4. The van der Waals surface area contributed by atoms with Crippen LogP contribution in [0.1, 0.15) is 0 Å². The zero-order valence-electron chi connectivity index (χ0n) is 3.96. The Morgan fingerprint density at radius 1 is 1.25 bits per heavy atom. The Morgan fingerprint density at radius 3 is 1.62 bits per heavy atom. The van der Waals surface area contributed by atoms with Crippen molar-refractivity contribution in [2.45, 2.75) is 0 Å². The highest BCUT2D eigenvalue weighted by Crippen LogP contribution is 1.84. The van der Waals surface area contributed by atoms with Crippen LogP contribution >= 0.6 is 0 Å². The highest BCUT2D eigenvalue weighted by Gasteiger charge is 2.03. The fourth-order valence-corrected chi connectivity index (χ4v) is 0.110. The van der Waals surface area contributed by atoms with Crippen molar-refractivity contribution in [1.29, 1.82) is 0 Å². The van der Waals surface area contributed by atoms with E-state index in [1.54, 1.807) is 0 Å². The van der Waals surface area contributed by atoms with Gasteiger partial charge in [-0.2, -0.15) is 0 Å². The van der Waals surface area contributed by atoms with Crippen molar-refractivity contribution in [2.24, 2.45) is 11.5 Å². The highest BCUT2D eigenvalue weighted by atomic mass is 16.5. The van der Waals surface area contributed by atoms with Gasteiger partial charge in [-0.25, -0.2) is 0 Å². The molecule has 0 aliphatic heterocycles. The van der Waals surface area contributed by atoms with Gasteiger partial charge in [-0.1, -0.05) is 0 Å². The number of rotatable bonds is 1. The Labute approximate surface area is 45.2 Å². The van der Waals surface area contributed by atoms with Crippen molar-refractivity contribution in [2.75, 3.05) is 0 Å². The first-order valence-electron chi connectivity index (χ1n) is 1.73. The summed E-state index contributed by atoms with van der Waals surface area (Å²) < 4.78 is 0.